The van der Waals surface area contributed by atoms with E-state index in [1.807, 2.05) is 0 Å². The Labute approximate surface area is 114 Å². The molecular weight excluding hydrogens is 244 g/mol. The molecule has 2 unspecified atom stereocenters. The van der Waals surface area contributed by atoms with E-state index in [0.29, 0.717) is 19.0 Å². The highest BCUT2D eigenvalue weighted by Crippen LogP contribution is 2.09. The summed E-state index contributed by atoms with van der Waals surface area (Å²) in [6, 6.07) is -0.295. The molecule has 2 heterocycles. The van der Waals surface area contributed by atoms with Crippen LogP contribution in [-0.2, 0) is 9.59 Å². The van der Waals surface area contributed by atoms with Crippen LogP contribution >= 0.6 is 0 Å². The Balaban J connectivity index is 1.63. The van der Waals surface area contributed by atoms with E-state index in [-0.39, 0.29) is 24.4 Å². The smallest absolute Gasteiger partial charge is 0.238 e. The van der Waals surface area contributed by atoms with Gasteiger partial charge in [0.25, 0.3) is 0 Å². The number of hydrogen-bond acceptors (Lipinski definition) is 4. The number of rotatable bonds is 5. The maximum atomic E-state index is 11.9. The monoisotopic (exact) mass is 268 g/mol. The normalized spacial score (nSPS) is 25.9. The van der Waals surface area contributed by atoms with Gasteiger partial charge in [-0.15, -0.1) is 0 Å². The van der Waals surface area contributed by atoms with Crippen molar-refractivity contribution in [2.24, 2.45) is 5.92 Å². The van der Waals surface area contributed by atoms with Crippen LogP contribution in [0.25, 0.3) is 0 Å². The zero-order valence-corrected chi connectivity index (χ0v) is 11.6. The number of nitrogens with one attached hydrogen (secondary N) is 3. The van der Waals surface area contributed by atoms with Crippen LogP contribution in [0.2, 0.25) is 0 Å². The van der Waals surface area contributed by atoms with Crippen LogP contribution in [0.15, 0.2) is 0 Å². The summed E-state index contributed by atoms with van der Waals surface area (Å²) >= 11 is 0. The summed E-state index contributed by atoms with van der Waals surface area (Å²) in [5.41, 5.74) is 0. The standard InChI is InChI=1S/C13H24N4O2/c1-10(9-17-4-2-3-5-17)6-16-13(19)11-7-15-12(18)8-14-11/h10-11,14H,2-9H2,1H3,(H,15,18)(H,16,19). The van der Waals surface area contributed by atoms with Crippen LogP contribution in [0.4, 0.5) is 0 Å². The van der Waals surface area contributed by atoms with E-state index in [2.05, 4.69) is 27.8 Å². The van der Waals surface area contributed by atoms with Gasteiger partial charge in [-0.3, -0.25) is 14.9 Å². The topological polar surface area (TPSA) is 73.5 Å². The first-order valence-electron chi connectivity index (χ1n) is 7.15. The Morgan fingerprint density at radius 3 is 2.84 bits per heavy atom. The second-order valence-corrected chi connectivity index (χ2v) is 5.60. The number of carbonyl (C=O) groups excluding carboxylic acids is 2. The van der Waals surface area contributed by atoms with E-state index >= 15 is 0 Å². The highest BCUT2D eigenvalue weighted by Gasteiger charge is 2.24. The van der Waals surface area contributed by atoms with Gasteiger partial charge in [-0.1, -0.05) is 6.92 Å². The fourth-order valence-electron chi connectivity index (χ4n) is 2.62. The third-order valence-electron chi connectivity index (χ3n) is 3.72. The molecule has 2 aliphatic heterocycles. The summed E-state index contributed by atoms with van der Waals surface area (Å²) in [6.45, 7) is 6.89. The molecule has 6 heteroatoms. The first-order valence-corrected chi connectivity index (χ1v) is 7.15. The quantitative estimate of drug-likeness (QED) is 0.593. The van der Waals surface area contributed by atoms with E-state index in [0.717, 1.165) is 6.54 Å². The molecule has 0 aromatic rings. The number of nitrogens with zero attached hydrogens (tertiary/aromatic N) is 1. The molecule has 108 valence electrons. The van der Waals surface area contributed by atoms with Crippen molar-refractivity contribution in [1.29, 1.82) is 0 Å². The lowest BCUT2D eigenvalue weighted by Crippen LogP contribution is -2.58. The molecule has 2 atom stereocenters. The molecule has 2 saturated heterocycles. The predicted molar refractivity (Wildman–Crippen MR) is 72.6 cm³/mol. The van der Waals surface area contributed by atoms with Crippen LogP contribution in [0, 0.1) is 5.92 Å². The summed E-state index contributed by atoms with van der Waals surface area (Å²) in [7, 11) is 0. The van der Waals surface area contributed by atoms with Crippen molar-refractivity contribution < 1.29 is 9.59 Å². The lowest BCUT2D eigenvalue weighted by atomic mass is 10.1. The Morgan fingerprint density at radius 2 is 2.21 bits per heavy atom. The lowest BCUT2D eigenvalue weighted by molar-refractivity contribution is -0.126. The van der Waals surface area contributed by atoms with Gasteiger partial charge < -0.3 is 15.5 Å². The second-order valence-electron chi connectivity index (χ2n) is 5.60. The van der Waals surface area contributed by atoms with Crippen LogP contribution < -0.4 is 16.0 Å². The number of piperazine rings is 1. The van der Waals surface area contributed by atoms with Gasteiger partial charge >= 0.3 is 0 Å². The highest BCUT2D eigenvalue weighted by atomic mass is 16.2. The summed E-state index contributed by atoms with van der Waals surface area (Å²) in [5.74, 6) is 0.389. The predicted octanol–water partition coefficient (Wildman–Crippen LogP) is -1.08. The molecule has 0 spiro atoms. The molecule has 0 bridgehead atoms. The zero-order chi connectivity index (χ0) is 13.7. The van der Waals surface area contributed by atoms with Gasteiger partial charge in [-0.05, 0) is 31.8 Å². The molecule has 3 N–H and O–H groups in total. The number of carbonyl (C=O) groups is 2. The molecule has 0 radical (unpaired) electrons. The number of amides is 2. The first-order chi connectivity index (χ1) is 9.15. The van der Waals surface area contributed by atoms with Crippen molar-refractivity contribution in [3.63, 3.8) is 0 Å². The van der Waals surface area contributed by atoms with Crippen molar-refractivity contribution in [2.75, 3.05) is 39.3 Å². The van der Waals surface area contributed by atoms with Crippen LogP contribution in [0.1, 0.15) is 19.8 Å². The maximum Gasteiger partial charge on any atom is 0.238 e. The third-order valence-corrected chi connectivity index (χ3v) is 3.72. The summed E-state index contributed by atoms with van der Waals surface area (Å²) in [6.07, 6.45) is 2.59. The maximum absolute atomic E-state index is 11.9. The minimum atomic E-state index is -0.295. The summed E-state index contributed by atoms with van der Waals surface area (Å²) in [4.78, 5) is 25.3. The Kier molecular flexibility index (Phi) is 5.15. The minimum Gasteiger partial charge on any atom is -0.354 e. The average molecular weight is 268 g/mol. The van der Waals surface area contributed by atoms with Crippen molar-refractivity contribution >= 4 is 11.8 Å². The van der Waals surface area contributed by atoms with E-state index in [1.54, 1.807) is 0 Å². The van der Waals surface area contributed by atoms with Crippen molar-refractivity contribution in [3.8, 4) is 0 Å². The van der Waals surface area contributed by atoms with Gasteiger partial charge in [-0.2, -0.15) is 0 Å². The first kappa shape index (κ1) is 14.3. The van der Waals surface area contributed by atoms with Crippen molar-refractivity contribution in [1.82, 2.24) is 20.9 Å². The summed E-state index contributed by atoms with van der Waals surface area (Å²) in [5, 5.41) is 8.58. The van der Waals surface area contributed by atoms with Gasteiger partial charge in [-0.25, -0.2) is 0 Å². The molecule has 0 saturated carbocycles. The fourth-order valence-corrected chi connectivity index (χ4v) is 2.62. The van der Waals surface area contributed by atoms with Crippen LogP contribution in [0.5, 0.6) is 0 Å². The average Bonchev–Trinajstić information content (AvgIpc) is 2.89. The Bertz CT molecular complexity index is 319. The van der Waals surface area contributed by atoms with Crippen LogP contribution in [0.3, 0.4) is 0 Å². The molecule has 0 aromatic heterocycles. The Morgan fingerprint density at radius 1 is 1.47 bits per heavy atom. The van der Waals surface area contributed by atoms with Crippen molar-refractivity contribution in [2.45, 2.75) is 25.8 Å². The van der Waals surface area contributed by atoms with Gasteiger partial charge in [0.1, 0.15) is 6.04 Å². The van der Waals surface area contributed by atoms with Gasteiger partial charge in [0.15, 0.2) is 0 Å². The highest BCUT2D eigenvalue weighted by molar-refractivity contribution is 5.86. The zero-order valence-electron chi connectivity index (χ0n) is 11.6. The van der Waals surface area contributed by atoms with Gasteiger partial charge in [0.2, 0.25) is 11.8 Å². The molecule has 2 aliphatic rings. The molecule has 2 rings (SSSR count). The largest absolute Gasteiger partial charge is 0.354 e. The molecule has 2 fully saturated rings. The molecule has 0 aliphatic carbocycles. The molecule has 2 amide bonds. The van der Waals surface area contributed by atoms with Crippen molar-refractivity contribution in [3.05, 3.63) is 0 Å². The summed E-state index contributed by atoms with van der Waals surface area (Å²) < 4.78 is 0. The second kappa shape index (κ2) is 6.86. The Hall–Kier alpha value is -1.14. The third kappa shape index (κ3) is 4.47. The fraction of sp³-hybridized carbons (Fsp3) is 0.846. The van der Waals surface area contributed by atoms with E-state index in [4.69, 9.17) is 0 Å². The lowest BCUT2D eigenvalue weighted by Gasteiger charge is -2.25. The number of likely N-dealkylation sites (tertiary alicyclic amines) is 1. The van der Waals surface area contributed by atoms with E-state index in [1.165, 1.54) is 25.9 Å². The molecule has 0 aromatic carbocycles. The van der Waals surface area contributed by atoms with Crippen LogP contribution in [-0.4, -0.2) is 62.0 Å². The van der Waals surface area contributed by atoms with E-state index < -0.39 is 0 Å². The molecule has 6 nitrogen and oxygen atoms in total. The molecule has 19 heavy (non-hydrogen) atoms. The van der Waals surface area contributed by atoms with E-state index in [9.17, 15) is 9.59 Å². The van der Waals surface area contributed by atoms with Gasteiger partial charge in [0, 0.05) is 19.6 Å². The minimum absolute atomic E-state index is 0.0201. The molecular formula is C13H24N4O2. The number of hydrogen-bond donors (Lipinski definition) is 3. The SMILES string of the molecule is CC(CNC(=O)C1CNC(=O)CN1)CN1CCCC1. The van der Waals surface area contributed by atoms with Gasteiger partial charge in [0.05, 0.1) is 6.54 Å².